The van der Waals surface area contributed by atoms with Gasteiger partial charge in [-0.25, -0.2) is 0 Å². The number of aromatic nitrogens is 2. The van der Waals surface area contributed by atoms with Gasteiger partial charge in [0.05, 0.1) is 5.52 Å². The summed E-state index contributed by atoms with van der Waals surface area (Å²) in [6.45, 7) is 0. The summed E-state index contributed by atoms with van der Waals surface area (Å²) in [6, 6.07) is 4.88. The highest BCUT2D eigenvalue weighted by atomic mass is 35.5. The fraction of sp³-hybridized carbons (Fsp3) is 0. The third-order valence-corrected chi connectivity index (χ3v) is 2.13. The van der Waals surface area contributed by atoms with E-state index in [0.29, 0.717) is 16.1 Å². The number of hydrogen-bond donors (Lipinski definition) is 3. The maximum Gasteiger partial charge on any atom is 0.488 e. The molecule has 0 bridgehead atoms. The molecular weight excluding hydrogens is 190 g/mol. The fourth-order valence-electron chi connectivity index (χ4n) is 1.16. The van der Waals surface area contributed by atoms with Crippen LogP contribution in [0.2, 0.25) is 5.15 Å². The minimum Gasteiger partial charge on any atom is -0.423 e. The van der Waals surface area contributed by atoms with Crippen molar-refractivity contribution in [2.24, 2.45) is 0 Å². The predicted octanol–water partition coefficient (Wildman–Crippen LogP) is -0.104. The summed E-state index contributed by atoms with van der Waals surface area (Å²) in [5, 5.41) is 25.4. The molecule has 0 spiro atoms. The van der Waals surface area contributed by atoms with E-state index in [9.17, 15) is 0 Å². The second-order valence-electron chi connectivity index (χ2n) is 2.69. The Hall–Kier alpha value is -1.04. The van der Waals surface area contributed by atoms with E-state index in [2.05, 4.69) is 10.2 Å². The molecule has 0 aliphatic rings. The van der Waals surface area contributed by atoms with Crippen LogP contribution in [0.15, 0.2) is 18.2 Å². The molecule has 0 unspecified atom stereocenters. The van der Waals surface area contributed by atoms with Gasteiger partial charge < -0.3 is 10.0 Å². The van der Waals surface area contributed by atoms with Crippen molar-refractivity contribution < 1.29 is 10.0 Å². The molecule has 4 nitrogen and oxygen atoms in total. The third-order valence-electron chi connectivity index (χ3n) is 1.84. The quantitative estimate of drug-likeness (QED) is 0.558. The highest BCUT2D eigenvalue weighted by Crippen LogP contribution is 2.18. The molecule has 66 valence electrons. The largest absolute Gasteiger partial charge is 0.488 e. The summed E-state index contributed by atoms with van der Waals surface area (Å²) in [5.74, 6) is 0. The van der Waals surface area contributed by atoms with Crippen LogP contribution >= 0.6 is 11.6 Å². The van der Waals surface area contributed by atoms with Gasteiger partial charge in [-0.15, -0.1) is 0 Å². The molecule has 0 fully saturated rings. The second-order valence-corrected chi connectivity index (χ2v) is 3.05. The summed E-state index contributed by atoms with van der Waals surface area (Å²) in [5.41, 5.74) is 1.10. The first-order valence-electron chi connectivity index (χ1n) is 3.68. The maximum atomic E-state index is 8.88. The molecular formula is C7H6BClN2O2. The molecule has 2 rings (SSSR count). The standard InChI is InChI=1S/C7H6BClN2O2/c9-7-5-2-1-4(8(12)13)3-6(5)10-11-7/h1-3,12-13H,(H,10,11). The van der Waals surface area contributed by atoms with Crippen LogP contribution in [0.5, 0.6) is 0 Å². The molecule has 0 atom stereocenters. The van der Waals surface area contributed by atoms with E-state index < -0.39 is 7.12 Å². The zero-order valence-corrected chi connectivity index (χ0v) is 7.28. The Morgan fingerprint density at radius 1 is 1.38 bits per heavy atom. The highest BCUT2D eigenvalue weighted by molar-refractivity contribution is 6.59. The molecule has 1 aromatic carbocycles. The van der Waals surface area contributed by atoms with Gasteiger partial charge in [0.2, 0.25) is 0 Å². The SMILES string of the molecule is OB(O)c1ccc2c(Cl)n[nH]c2c1. The molecule has 0 amide bonds. The first kappa shape index (κ1) is 8.56. The van der Waals surface area contributed by atoms with Crippen LogP contribution in [0, 0.1) is 0 Å². The number of rotatable bonds is 1. The Morgan fingerprint density at radius 3 is 2.85 bits per heavy atom. The number of aromatic amines is 1. The summed E-state index contributed by atoms with van der Waals surface area (Å²) in [6.07, 6.45) is 0. The monoisotopic (exact) mass is 196 g/mol. The molecule has 13 heavy (non-hydrogen) atoms. The fourth-order valence-corrected chi connectivity index (χ4v) is 1.37. The van der Waals surface area contributed by atoms with Crippen molar-refractivity contribution in [3.05, 3.63) is 23.4 Å². The predicted molar refractivity (Wildman–Crippen MR) is 50.9 cm³/mol. The number of benzene rings is 1. The average Bonchev–Trinajstić information content (AvgIpc) is 2.47. The molecule has 6 heteroatoms. The number of nitrogens with one attached hydrogen (secondary N) is 1. The van der Waals surface area contributed by atoms with E-state index in [1.54, 1.807) is 18.2 Å². The smallest absolute Gasteiger partial charge is 0.423 e. The molecule has 0 saturated carbocycles. The highest BCUT2D eigenvalue weighted by Gasteiger charge is 2.12. The number of nitrogens with zero attached hydrogens (tertiary/aromatic N) is 1. The molecule has 3 N–H and O–H groups in total. The lowest BCUT2D eigenvalue weighted by molar-refractivity contribution is 0.426. The van der Waals surface area contributed by atoms with Crippen LogP contribution in [0.25, 0.3) is 10.9 Å². The Morgan fingerprint density at radius 2 is 2.15 bits per heavy atom. The molecule has 2 aromatic rings. The van der Waals surface area contributed by atoms with E-state index in [1.807, 2.05) is 0 Å². The second kappa shape index (κ2) is 3.03. The van der Waals surface area contributed by atoms with Crippen molar-refractivity contribution in [3.8, 4) is 0 Å². The van der Waals surface area contributed by atoms with Gasteiger partial charge in [-0.2, -0.15) is 5.10 Å². The number of hydrogen-bond acceptors (Lipinski definition) is 3. The third kappa shape index (κ3) is 1.41. The van der Waals surface area contributed by atoms with Gasteiger partial charge >= 0.3 is 7.12 Å². The lowest BCUT2D eigenvalue weighted by Crippen LogP contribution is -2.29. The first-order valence-corrected chi connectivity index (χ1v) is 4.06. The number of fused-ring (bicyclic) bond motifs is 1. The zero-order valence-electron chi connectivity index (χ0n) is 6.53. The van der Waals surface area contributed by atoms with Gasteiger partial charge in [0.1, 0.15) is 0 Å². The summed E-state index contributed by atoms with van der Waals surface area (Å²) in [7, 11) is -1.47. The molecule has 1 heterocycles. The average molecular weight is 196 g/mol. The van der Waals surface area contributed by atoms with Crippen molar-refractivity contribution in [3.63, 3.8) is 0 Å². The molecule has 1 aromatic heterocycles. The van der Waals surface area contributed by atoms with E-state index in [4.69, 9.17) is 21.6 Å². The van der Waals surface area contributed by atoms with Gasteiger partial charge in [0.25, 0.3) is 0 Å². The lowest BCUT2D eigenvalue weighted by Gasteiger charge is -1.97. The van der Waals surface area contributed by atoms with Gasteiger partial charge in [-0.3, -0.25) is 5.10 Å². The Kier molecular flexibility index (Phi) is 1.99. The minimum atomic E-state index is -1.47. The minimum absolute atomic E-state index is 0.383. The van der Waals surface area contributed by atoms with Crippen molar-refractivity contribution in [2.75, 3.05) is 0 Å². The van der Waals surface area contributed by atoms with Crippen molar-refractivity contribution in [1.82, 2.24) is 10.2 Å². The van der Waals surface area contributed by atoms with Crippen LogP contribution in [0.3, 0.4) is 0 Å². The zero-order chi connectivity index (χ0) is 9.42. The topological polar surface area (TPSA) is 69.1 Å². The van der Waals surface area contributed by atoms with Crippen LogP contribution in [-0.2, 0) is 0 Å². The molecule has 0 radical (unpaired) electrons. The first-order chi connectivity index (χ1) is 6.18. The van der Waals surface area contributed by atoms with E-state index in [-0.39, 0.29) is 0 Å². The summed E-state index contributed by atoms with van der Waals surface area (Å²) in [4.78, 5) is 0. The normalized spacial score (nSPS) is 10.7. The summed E-state index contributed by atoms with van der Waals surface area (Å²) >= 11 is 5.74. The number of halogens is 1. The van der Waals surface area contributed by atoms with E-state index >= 15 is 0 Å². The van der Waals surface area contributed by atoms with Gasteiger partial charge in [0, 0.05) is 5.39 Å². The van der Waals surface area contributed by atoms with Crippen LogP contribution in [0.4, 0.5) is 0 Å². The van der Waals surface area contributed by atoms with Gasteiger partial charge in [0.15, 0.2) is 5.15 Å². The Balaban J connectivity index is 2.63. The van der Waals surface area contributed by atoms with Crippen LogP contribution in [0.1, 0.15) is 0 Å². The van der Waals surface area contributed by atoms with Crippen molar-refractivity contribution in [1.29, 1.82) is 0 Å². The lowest BCUT2D eigenvalue weighted by atomic mass is 9.80. The van der Waals surface area contributed by atoms with Crippen molar-refractivity contribution in [2.45, 2.75) is 0 Å². The Bertz CT molecular complexity index is 443. The van der Waals surface area contributed by atoms with Crippen LogP contribution < -0.4 is 5.46 Å². The molecule has 0 saturated heterocycles. The van der Waals surface area contributed by atoms with E-state index in [1.165, 1.54) is 0 Å². The van der Waals surface area contributed by atoms with Gasteiger partial charge in [-0.1, -0.05) is 17.7 Å². The van der Waals surface area contributed by atoms with Crippen molar-refractivity contribution >= 4 is 35.1 Å². The van der Waals surface area contributed by atoms with Crippen LogP contribution in [-0.4, -0.2) is 27.4 Å². The maximum absolute atomic E-state index is 8.88. The summed E-state index contributed by atoms with van der Waals surface area (Å²) < 4.78 is 0. The molecule has 0 aliphatic carbocycles. The van der Waals surface area contributed by atoms with Gasteiger partial charge in [-0.05, 0) is 17.6 Å². The number of H-pyrrole nitrogens is 1. The molecule has 0 aliphatic heterocycles. The van der Waals surface area contributed by atoms with E-state index in [0.717, 1.165) is 5.39 Å². The Labute approximate surface area is 79.3 Å².